The third kappa shape index (κ3) is 3.10. The highest BCUT2D eigenvalue weighted by molar-refractivity contribution is 9.10. The Balaban J connectivity index is 1.71. The van der Waals surface area contributed by atoms with Crippen LogP contribution in [0, 0.1) is 0 Å². The second-order valence-electron chi connectivity index (χ2n) is 5.24. The Kier molecular flexibility index (Phi) is 4.17. The highest BCUT2D eigenvalue weighted by Gasteiger charge is 2.18. The van der Waals surface area contributed by atoms with Crippen LogP contribution < -0.4 is 5.32 Å². The molecule has 1 N–H and O–H groups in total. The molecule has 0 aliphatic carbocycles. The van der Waals surface area contributed by atoms with Crippen LogP contribution >= 0.6 is 15.9 Å². The molecule has 106 valence electrons. The van der Waals surface area contributed by atoms with Crippen LogP contribution in [0.2, 0.25) is 0 Å². The first-order valence-electron chi connectivity index (χ1n) is 7.16. The molecule has 5 heteroatoms. The number of hydrogen-bond acceptors (Lipinski definition) is 4. The van der Waals surface area contributed by atoms with Crippen LogP contribution in [0.1, 0.15) is 19.8 Å². The van der Waals surface area contributed by atoms with Crippen LogP contribution in [-0.4, -0.2) is 40.5 Å². The van der Waals surface area contributed by atoms with E-state index in [4.69, 9.17) is 0 Å². The third-order valence-corrected chi connectivity index (χ3v) is 4.38. The van der Waals surface area contributed by atoms with Gasteiger partial charge in [-0.3, -0.25) is 4.98 Å². The van der Waals surface area contributed by atoms with Crippen molar-refractivity contribution in [1.82, 2.24) is 14.9 Å². The van der Waals surface area contributed by atoms with E-state index in [1.54, 1.807) is 0 Å². The van der Waals surface area contributed by atoms with Crippen molar-refractivity contribution in [1.29, 1.82) is 0 Å². The van der Waals surface area contributed by atoms with Crippen molar-refractivity contribution in [3.8, 4) is 0 Å². The number of likely N-dealkylation sites (tertiary alicyclic amines) is 1. The van der Waals surface area contributed by atoms with Gasteiger partial charge in [-0.2, -0.15) is 0 Å². The summed E-state index contributed by atoms with van der Waals surface area (Å²) in [6.07, 6.45) is 4.18. The average Bonchev–Trinajstić information content (AvgIpc) is 2.47. The normalized spacial score (nSPS) is 17.5. The van der Waals surface area contributed by atoms with Gasteiger partial charge >= 0.3 is 0 Å². The van der Waals surface area contributed by atoms with Crippen LogP contribution in [0.4, 0.5) is 5.82 Å². The summed E-state index contributed by atoms with van der Waals surface area (Å²) in [6, 6.07) is 6.49. The molecule has 0 unspecified atom stereocenters. The molecule has 1 aliphatic rings. The zero-order valence-corrected chi connectivity index (χ0v) is 13.2. The Morgan fingerprint density at radius 1 is 1.30 bits per heavy atom. The number of nitrogens with zero attached hydrogens (tertiary/aromatic N) is 3. The summed E-state index contributed by atoms with van der Waals surface area (Å²) in [7, 11) is 0. The van der Waals surface area contributed by atoms with Crippen molar-refractivity contribution in [2.45, 2.75) is 25.8 Å². The minimum Gasteiger partial charge on any atom is -0.366 e. The Morgan fingerprint density at radius 2 is 2.10 bits per heavy atom. The summed E-state index contributed by atoms with van der Waals surface area (Å²) in [5.74, 6) is 0.880. The molecule has 0 atom stereocenters. The SMILES string of the molecule is CCN1CCC(Nc2cnc3ccc(Br)cc3n2)CC1. The van der Waals surface area contributed by atoms with Crippen LogP contribution in [0.15, 0.2) is 28.9 Å². The molecule has 1 aromatic heterocycles. The molecule has 0 spiro atoms. The molecule has 1 fully saturated rings. The number of nitrogens with one attached hydrogen (secondary N) is 1. The zero-order valence-electron chi connectivity index (χ0n) is 11.6. The van der Waals surface area contributed by atoms with E-state index in [1.807, 2.05) is 24.4 Å². The lowest BCUT2D eigenvalue weighted by atomic mass is 10.1. The summed E-state index contributed by atoms with van der Waals surface area (Å²) in [6.45, 7) is 5.71. The summed E-state index contributed by atoms with van der Waals surface area (Å²) >= 11 is 3.48. The topological polar surface area (TPSA) is 41.0 Å². The lowest BCUT2D eigenvalue weighted by Crippen LogP contribution is -2.39. The number of halogens is 1. The Morgan fingerprint density at radius 3 is 2.85 bits per heavy atom. The van der Waals surface area contributed by atoms with Crippen molar-refractivity contribution in [2.24, 2.45) is 0 Å². The van der Waals surface area contributed by atoms with Gasteiger partial charge in [-0.25, -0.2) is 4.98 Å². The van der Waals surface area contributed by atoms with Crippen molar-refractivity contribution >= 4 is 32.8 Å². The molecular formula is C15H19BrN4. The summed E-state index contributed by atoms with van der Waals surface area (Å²) in [5, 5.41) is 3.52. The van der Waals surface area contributed by atoms with Gasteiger partial charge in [-0.15, -0.1) is 0 Å². The number of benzene rings is 1. The molecule has 0 saturated carbocycles. The third-order valence-electron chi connectivity index (χ3n) is 3.89. The maximum absolute atomic E-state index is 4.65. The summed E-state index contributed by atoms with van der Waals surface area (Å²) in [5.41, 5.74) is 1.86. The molecule has 20 heavy (non-hydrogen) atoms. The summed E-state index contributed by atoms with van der Waals surface area (Å²) < 4.78 is 1.03. The zero-order chi connectivity index (χ0) is 13.9. The van der Waals surface area contributed by atoms with Crippen molar-refractivity contribution < 1.29 is 0 Å². The first kappa shape index (κ1) is 13.8. The predicted octanol–water partition coefficient (Wildman–Crippen LogP) is 3.29. The fourth-order valence-corrected chi connectivity index (χ4v) is 3.01. The van der Waals surface area contributed by atoms with Gasteiger partial charge in [0.15, 0.2) is 0 Å². The van der Waals surface area contributed by atoms with Gasteiger partial charge < -0.3 is 10.2 Å². The minimum atomic E-state index is 0.511. The van der Waals surface area contributed by atoms with Crippen LogP contribution in [-0.2, 0) is 0 Å². The molecule has 1 saturated heterocycles. The maximum Gasteiger partial charge on any atom is 0.145 e. The molecule has 1 aromatic carbocycles. The molecule has 2 heterocycles. The lowest BCUT2D eigenvalue weighted by Gasteiger charge is -2.31. The van der Waals surface area contributed by atoms with Gasteiger partial charge in [0.1, 0.15) is 5.82 Å². The first-order chi connectivity index (χ1) is 9.74. The average molecular weight is 335 g/mol. The van der Waals surface area contributed by atoms with E-state index in [0.717, 1.165) is 27.9 Å². The van der Waals surface area contributed by atoms with E-state index in [2.05, 4.69) is 43.0 Å². The smallest absolute Gasteiger partial charge is 0.145 e. The van der Waals surface area contributed by atoms with Gasteiger partial charge in [-0.05, 0) is 37.6 Å². The molecule has 4 nitrogen and oxygen atoms in total. The van der Waals surface area contributed by atoms with E-state index < -0.39 is 0 Å². The van der Waals surface area contributed by atoms with E-state index in [-0.39, 0.29) is 0 Å². The van der Waals surface area contributed by atoms with Gasteiger partial charge in [0.25, 0.3) is 0 Å². The number of fused-ring (bicyclic) bond motifs is 1. The number of rotatable bonds is 3. The van der Waals surface area contributed by atoms with Gasteiger partial charge in [-0.1, -0.05) is 22.9 Å². The maximum atomic E-state index is 4.65. The molecule has 0 amide bonds. The van der Waals surface area contributed by atoms with Crippen LogP contribution in [0.25, 0.3) is 11.0 Å². The number of aromatic nitrogens is 2. The second-order valence-corrected chi connectivity index (χ2v) is 6.16. The van der Waals surface area contributed by atoms with Crippen LogP contribution in [0.5, 0.6) is 0 Å². The Hall–Kier alpha value is -1.20. The molecular weight excluding hydrogens is 316 g/mol. The predicted molar refractivity (Wildman–Crippen MR) is 86.0 cm³/mol. The highest BCUT2D eigenvalue weighted by Crippen LogP contribution is 2.19. The van der Waals surface area contributed by atoms with Gasteiger partial charge in [0, 0.05) is 23.6 Å². The van der Waals surface area contributed by atoms with Crippen molar-refractivity contribution in [3.63, 3.8) is 0 Å². The highest BCUT2D eigenvalue weighted by atomic mass is 79.9. The summed E-state index contributed by atoms with van der Waals surface area (Å²) in [4.78, 5) is 11.6. The minimum absolute atomic E-state index is 0.511. The van der Waals surface area contributed by atoms with Crippen LogP contribution in [0.3, 0.4) is 0 Å². The number of piperidine rings is 1. The quantitative estimate of drug-likeness (QED) is 0.935. The monoisotopic (exact) mass is 334 g/mol. The lowest BCUT2D eigenvalue weighted by molar-refractivity contribution is 0.229. The fourth-order valence-electron chi connectivity index (χ4n) is 2.66. The number of anilines is 1. The van der Waals surface area contributed by atoms with Crippen molar-refractivity contribution in [3.05, 3.63) is 28.9 Å². The Bertz CT molecular complexity index is 593. The molecule has 1 aliphatic heterocycles. The van der Waals surface area contributed by atoms with E-state index in [0.29, 0.717) is 6.04 Å². The standard InChI is InChI=1S/C15H19BrN4/c1-2-20-7-5-12(6-8-20)18-15-10-17-13-4-3-11(16)9-14(13)19-15/h3-4,9-10,12H,2,5-8H2,1H3,(H,18,19). The first-order valence-corrected chi connectivity index (χ1v) is 7.95. The Labute approximate surface area is 127 Å². The van der Waals surface area contributed by atoms with Gasteiger partial charge in [0.2, 0.25) is 0 Å². The molecule has 2 aromatic rings. The largest absolute Gasteiger partial charge is 0.366 e. The van der Waals surface area contributed by atoms with Crippen molar-refractivity contribution in [2.75, 3.05) is 25.0 Å². The molecule has 3 rings (SSSR count). The molecule has 0 bridgehead atoms. The number of hydrogen-bond donors (Lipinski definition) is 1. The van der Waals surface area contributed by atoms with E-state index in [9.17, 15) is 0 Å². The molecule has 0 radical (unpaired) electrons. The van der Waals surface area contributed by atoms with E-state index >= 15 is 0 Å². The fraction of sp³-hybridized carbons (Fsp3) is 0.467. The second kappa shape index (κ2) is 6.06. The van der Waals surface area contributed by atoms with Gasteiger partial charge in [0.05, 0.1) is 17.2 Å². The van der Waals surface area contributed by atoms with E-state index in [1.165, 1.54) is 25.9 Å².